The van der Waals surface area contributed by atoms with Gasteiger partial charge in [0.25, 0.3) is 0 Å². The van der Waals surface area contributed by atoms with E-state index in [1.54, 1.807) is 0 Å². The van der Waals surface area contributed by atoms with E-state index in [0.717, 1.165) is 36.3 Å². The van der Waals surface area contributed by atoms with E-state index in [2.05, 4.69) is 19.2 Å². The molecular formula is C17H33NO. The lowest BCUT2D eigenvalue weighted by Crippen LogP contribution is -2.35. The van der Waals surface area contributed by atoms with Crippen LogP contribution in [0.3, 0.4) is 0 Å². The van der Waals surface area contributed by atoms with Crippen LogP contribution in [0.25, 0.3) is 0 Å². The lowest BCUT2D eigenvalue weighted by atomic mass is 9.69. The summed E-state index contributed by atoms with van der Waals surface area (Å²) in [6, 6.07) is 0.863. The Morgan fingerprint density at radius 3 is 2.53 bits per heavy atom. The molecule has 2 heteroatoms. The summed E-state index contributed by atoms with van der Waals surface area (Å²) < 4.78 is 5.23. The predicted octanol–water partition coefficient (Wildman–Crippen LogP) is 3.85. The van der Waals surface area contributed by atoms with Crippen LogP contribution in [0.15, 0.2) is 0 Å². The molecule has 0 heterocycles. The third-order valence-corrected chi connectivity index (χ3v) is 5.29. The third-order valence-electron chi connectivity index (χ3n) is 5.29. The second-order valence-corrected chi connectivity index (χ2v) is 7.15. The summed E-state index contributed by atoms with van der Waals surface area (Å²) in [4.78, 5) is 0. The van der Waals surface area contributed by atoms with E-state index in [0.29, 0.717) is 0 Å². The zero-order valence-electron chi connectivity index (χ0n) is 13.2. The first-order valence-corrected chi connectivity index (χ1v) is 8.43. The fourth-order valence-corrected chi connectivity index (χ4v) is 3.69. The highest BCUT2D eigenvalue weighted by Gasteiger charge is 2.32. The van der Waals surface area contributed by atoms with Crippen molar-refractivity contribution in [2.24, 2.45) is 23.7 Å². The average Bonchev–Trinajstić information content (AvgIpc) is 3.21. The summed E-state index contributed by atoms with van der Waals surface area (Å²) in [6.45, 7) is 7.01. The Bertz CT molecular complexity index is 250. The molecular weight excluding hydrogens is 234 g/mol. The van der Waals surface area contributed by atoms with Crippen LogP contribution >= 0.6 is 0 Å². The Labute approximate surface area is 119 Å². The van der Waals surface area contributed by atoms with Gasteiger partial charge in [0, 0.05) is 19.8 Å². The van der Waals surface area contributed by atoms with Crippen LogP contribution in [0.2, 0.25) is 0 Å². The number of nitrogens with one attached hydrogen (secondary N) is 1. The van der Waals surface area contributed by atoms with Crippen LogP contribution in [-0.2, 0) is 4.74 Å². The summed E-state index contributed by atoms with van der Waals surface area (Å²) in [5.74, 6) is 3.68. The van der Waals surface area contributed by atoms with Gasteiger partial charge in [-0.2, -0.15) is 0 Å². The highest BCUT2D eigenvalue weighted by molar-refractivity contribution is 4.86. The number of ether oxygens (including phenoxy) is 1. The van der Waals surface area contributed by atoms with Crippen LogP contribution in [-0.4, -0.2) is 26.3 Å². The molecule has 2 aliphatic carbocycles. The molecule has 19 heavy (non-hydrogen) atoms. The van der Waals surface area contributed by atoms with Gasteiger partial charge in [0.15, 0.2) is 0 Å². The van der Waals surface area contributed by atoms with Gasteiger partial charge >= 0.3 is 0 Å². The maximum Gasteiger partial charge on any atom is 0.0462 e. The Balaban J connectivity index is 1.79. The van der Waals surface area contributed by atoms with E-state index >= 15 is 0 Å². The molecule has 2 nitrogen and oxygen atoms in total. The molecule has 0 aromatic heterocycles. The van der Waals surface area contributed by atoms with Gasteiger partial charge in [0.05, 0.1) is 0 Å². The summed E-state index contributed by atoms with van der Waals surface area (Å²) >= 11 is 0. The first kappa shape index (κ1) is 15.3. The topological polar surface area (TPSA) is 21.3 Å². The molecule has 0 spiro atoms. The van der Waals surface area contributed by atoms with Crippen molar-refractivity contribution in [2.75, 3.05) is 20.3 Å². The summed E-state index contributed by atoms with van der Waals surface area (Å²) in [6.07, 6.45) is 9.79. The van der Waals surface area contributed by atoms with Gasteiger partial charge < -0.3 is 10.1 Å². The van der Waals surface area contributed by atoms with Crippen molar-refractivity contribution in [3.05, 3.63) is 0 Å². The molecule has 0 aromatic carbocycles. The minimum Gasteiger partial charge on any atom is -0.385 e. The molecule has 2 rings (SSSR count). The van der Waals surface area contributed by atoms with Crippen LogP contribution < -0.4 is 5.32 Å². The highest BCUT2D eigenvalue weighted by Crippen LogP contribution is 2.39. The second-order valence-electron chi connectivity index (χ2n) is 7.15. The Morgan fingerprint density at radius 1 is 1.11 bits per heavy atom. The molecule has 112 valence electrons. The Kier molecular flexibility index (Phi) is 6.15. The van der Waals surface area contributed by atoms with E-state index in [1.807, 2.05) is 7.11 Å². The highest BCUT2D eigenvalue weighted by atomic mass is 16.5. The van der Waals surface area contributed by atoms with Gasteiger partial charge in [-0.25, -0.2) is 0 Å². The molecule has 0 saturated heterocycles. The van der Waals surface area contributed by atoms with Crippen molar-refractivity contribution in [1.82, 2.24) is 5.32 Å². The second kappa shape index (κ2) is 7.64. The molecule has 3 unspecified atom stereocenters. The lowest BCUT2D eigenvalue weighted by molar-refractivity contribution is 0.121. The summed E-state index contributed by atoms with van der Waals surface area (Å²) in [7, 11) is 1.82. The van der Waals surface area contributed by atoms with Crippen LogP contribution in [0.4, 0.5) is 0 Å². The van der Waals surface area contributed by atoms with Gasteiger partial charge in [-0.1, -0.05) is 13.8 Å². The molecule has 1 N–H and O–H groups in total. The number of methoxy groups -OCH3 is 1. The first-order valence-electron chi connectivity index (χ1n) is 8.43. The van der Waals surface area contributed by atoms with E-state index in [4.69, 9.17) is 4.74 Å². The zero-order chi connectivity index (χ0) is 13.7. The van der Waals surface area contributed by atoms with Crippen LogP contribution in [0.5, 0.6) is 0 Å². The molecule has 2 fully saturated rings. The number of hydrogen-bond donors (Lipinski definition) is 1. The quantitative estimate of drug-likeness (QED) is 0.674. The fraction of sp³-hybridized carbons (Fsp3) is 1.00. The SMILES string of the molecule is COCCCC1CC(C(C)C)CCC1CNC1CC1. The number of hydrogen-bond acceptors (Lipinski definition) is 2. The van der Waals surface area contributed by atoms with Crippen molar-refractivity contribution < 1.29 is 4.74 Å². The van der Waals surface area contributed by atoms with E-state index < -0.39 is 0 Å². The van der Waals surface area contributed by atoms with Gasteiger partial charge in [0.1, 0.15) is 0 Å². The fourth-order valence-electron chi connectivity index (χ4n) is 3.69. The Morgan fingerprint density at radius 2 is 1.89 bits per heavy atom. The van der Waals surface area contributed by atoms with Crippen LogP contribution in [0, 0.1) is 23.7 Å². The largest absolute Gasteiger partial charge is 0.385 e. The summed E-state index contributed by atoms with van der Waals surface area (Å²) in [5, 5.41) is 3.76. The van der Waals surface area contributed by atoms with Crippen LogP contribution in [0.1, 0.15) is 58.8 Å². The monoisotopic (exact) mass is 267 g/mol. The van der Waals surface area contributed by atoms with Gasteiger partial charge in [0.2, 0.25) is 0 Å². The average molecular weight is 267 g/mol. The lowest BCUT2D eigenvalue weighted by Gasteiger charge is -2.38. The maximum atomic E-state index is 5.23. The standard InChI is InChI=1S/C17H33NO/c1-13(2)14-6-7-16(12-18-17-8-9-17)15(11-14)5-4-10-19-3/h13-18H,4-12H2,1-3H3. The first-order chi connectivity index (χ1) is 9.20. The van der Waals surface area contributed by atoms with Gasteiger partial charge in [-0.05, 0) is 75.2 Å². The molecule has 0 amide bonds. The molecule has 3 atom stereocenters. The van der Waals surface area contributed by atoms with E-state index in [-0.39, 0.29) is 0 Å². The van der Waals surface area contributed by atoms with Gasteiger partial charge in [-0.3, -0.25) is 0 Å². The maximum absolute atomic E-state index is 5.23. The van der Waals surface area contributed by atoms with Crippen molar-refractivity contribution in [3.8, 4) is 0 Å². The molecule has 0 radical (unpaired) electrons. The molecule has 0 aliphatic heterocycles. The molecule has 0 aromatic rings. The molecule has 0 bridgehead atoms. The van der Waals surface area contributed by atoms with Crippen molar-refractivity contribution in [1.29, 1.82) is 0 Å². The van der Waals surface area contributed by atoms with Crippen molar-refractivity contribution in [2.45, 2.75) is 64.8 Å². The Hall–Kier alpha value is -0.0800. The van der Waals surface area contributed by atoms with E-state index in [1.165, 1.54) is 51.5 Å². The van der Waals surface area contributed by atoms with Crippen molar-refractivity contribution >= 4 is 0 Å². The third kappa shape index (κ3) is 5.07. The van der Waals surface area contributed by atoms with E-state index in [9.17, 15) is 0 Å². The predicted molar refractivity (Wildman–Crippen MR) is 81.3 cm³/mol. The molecule has 2 saturated carbocycles. The van der Waals surface area contributed by atoms with Gasteiger partial charge in [-0.15, -0.1) is 0 Å². The normalized spacial score (nSPS) is 31.9. The minimum atomic E-state index is 0.863. The number of rotatable bonds is 8. The summed E-state index contributed by atoms with van der Waals surface area (Å²) in [5.41, 5.74) is 0. The zero-order valence-corrected chi connectivity index (χ0v) is 13.2. The minimum absolute atomic E-state index is 0.863. The van der Waals surface area contributed by atoms with Crippen molar-refractivity contribution in [3.63, 3.8) is 0 Å². The smallest absolute Gasteiger partial charge is 0.0462 e. The molecule has 2 aliphatic rings.